The highest BCUT2D eigenvalue weighted by atomic mass is 19.4. The lowest BCUT2D eigenvalue weighted by Crippen LogP contribution is -2.17. The molecule has 0 saturated heterocycles. The first-order valence-corrected chi connectivity index (χ1v) is 7.58. The van der Waals surface area contributed by atoms with Gasteiger partial charge in [-0.05, 0) is 36.1 Å². The summed E-state index contributed by atoms with van der Waals surface area (Å²) in [6.07, 6.45) is -0.189. The van der Waals surface area contributed by atoms with E-state index in [4.69, 9.17) is 0 Å². The number of halogens is 3. The van der Waals surface area contributed by atoms with Gasteiger partial charge < -0.3 is 10.1 Å². The number of nitrogens with one attached hydrogen (secondary N) is 1. The second kappa shape index (κ2) is 6.58. The van der Waals surface area contributed by atoms with E-state index in [-0.39, 0.29) is 11.7 Å². The molecule has 1 aromatic rings. The monoisotopic (exact) mass is 301 g/mol. The highest BCUT2D eigenvalue weighted by Gasteiger charge is 2.33. The van der Waals surface area contributed by atoms with Crippen LogP contribution in [0.15, 0.2) is 18.2 Å². The first-order valence-electron chi connectivity index (χ1n) is 7.58. The smallest absolute Gasteiger partial charge is 0.406 e. The molecule has 5 heteroatoms. The van der Waals surface area contributed by atoms with Crippen LogP contribution in [-0.4, -0.2) is 12.9 Å². The van der Waals surface area contributed by atoms with E-state index >= 15 is 0 Å². The number of hydrogen-bond donors (Lipinski definition) is 1. The van der Waals surface area contributed by atoms with E-state index in [0.717, 1.165) is 43.5 Å². The average molecular weight is 301 g/mol. The minimum absolute atomic E-state index is 0.125. The summed E-state index contributed by atoms with van der Waals surface area (Å²) >= 11 is 0. The first kappa shape index (κ1) is 16.0. The van der Waals surface area contributed by atoms with E-state index < -0.39 is 6.36 Å². The van der Waals surface area contributed by atoms with E-state index in [1.54, 1.807) is 12.1 Å². The Hall–Kier alpha value is -1.39. The van der Waals surface area contributed by atoms with Gasteiger partial charge in [0.2, 0.25) is 0 Å². The van der Waals surface area contributed by atoms with Gasteiger partial charge in [0, 0.05) is 18.2 Å². The number of unbranched alkanes of at least 4 members (excludes halogenated alkanes) is 1. The minimum Gasteiger partial charge on any atom is -0.406 e. The summed E-state index contributed by atoms with van der Waals surface area (Å²) in [7, 11) is 0. The molecule has 2 atom stereocenters. The largest absolute Gasteiger partial charge is 0.573 e. The Morgan fingerprint density at radius 3 is 2.71 bits per heavy atom. The van der Waals surface area contributed by atoms with Crippen molar-refractivity contribution in [2.24, 2.45) is 5.92 Å². The van der Waals surface area contributed by atoms with E-state index in [9.17, 15) is 13.2 Å². The molecule has 0 aliphatic carbocycles. The summed E-state index contributed by atoms with van der Waals surface area (Å²) in [6.45, 7) is 5.10. The van der Waals surface area contributed by atoms with E-state index in [2.05, 4.69) is 23.9 Å². The zero-order chi connectivity index (χ0) is 15.5. The molecule has 2 rings (SSSR count). The van der Waals surface area contributed by atoms with E-state index in [1.165, 1.54) is 6.07 Å². The molecule has 0 bridgehead atoms. The summed E-state index contributed by atoms with van der Waals surface area (Å²) < 4.78 is 41.1. The van der Waals surface area contributed by atoms with Gasteiger partial charge in [0.15, 0.2) is 0 Å². The number of rotatable bonds is 6. The third kappa shape index (κ3) is 4.05. The summed E-state index contributed by atoms with van der Waals surface area (Å²) in [6, 6.07) is 4.60. The van der Waals surface area contributed by atoms with Crippen molar-refractivity contribution in [3.05, 3.63) is 23.8 Å². The molecule has 1 aliphatic heterocycles. The molecule has 1 aromatic carbocycles. The number of ether oxygens (including phenoxy) is 1. The third-order valence-electron chi connectivity index (χ3n) is 4.19. The van der Waals surface area contributed by atoms with Gasteiger partial charge in [-0.1, -0.05) is 33.1 Å². The van der Waals surface area contributed by atoms with Crippen molar-refractivity contribution < 1.29 is 17.9 Å². The molecule has 2 unspecified atom stereocenters. The van der Waals surface area contributed by atoms with Gasteiger partial charge in [0.1, 0.15) is 5.75 Å². The molecule has 0 spiro atoms. The number of hydrogen-bond acceptors (Lipinski definition) is 2. The summed E-state index contributed by atoms with van der Waals surface area (Å²) in [5.41, 5.74) is 1.89. The maximum absolute atomic E-state index is 12.3. The SMILES string of the molecule is CCCCC(CC)C1CNc2ccc(OC(F)(F)F)cc21. The Morgan fingerprint density at radius 2 is 2.10 bits per heavy atom. The highest BCUT2D eigenvalue weighted by molar-refractivity contribution is 5.60. The molecule has 2 nitrogen and oxygen atoms in total. The van der Waals surface area contributed by atoms with Crippen molar-refractivity contribution in [2.75, 3.05) is 11.9 Å². The fourth-order valence-corrected chi connectivity index (χ4v) is 3.11. The third-order valence-corrected chi connectivity index (χ3v) is 4.19. The molecule has 21 heavy (non-hydrogen) atoms. The van der Waals surface area contributed by atoms with Gasteiger partial charge in [0.25, 0.3) is 0 Å². The Kier molecular flexibility index (Phi) is 5.01. The molecule has 0 saturated carbocycles. The van der Waals surface area contributed by atoms with Crippen LogP contribution in [0.5, 0.6) is 5.75 Å². The molecule has 0 aromatic heterocycles. The average Bonchev–Trinajstić information content (AvgIpc) is 2.81. The first-order chi connectivity index (χ1) is 9.94. The van der Waals surface area contributed by atoms with Crippen LogP contribution in [0.1, 0.15) is 51.0 Å². The van der Waals surface area contributed by atoms with E-state index in [0.29, 0.717) is 5.92 Å². The van der Waals surface area contributed by atoms with Crippen LogP contribution in [0, 0.1) is 5.92 Å². The maximum atomic E-state index is 12.3. The lowest BCUT2D eigenvalue weighted by molar-refractivity contribution is -0.274. The fraction of sp³-hybridized carbons (Fsp3) is 0.625. The summed E-state index contributed by atoms with van der Waals surface area (Å²) in [4.78, 5) is 0. The maximum Gasteiger partial charge on any atom is 0.573 e. The minimum atomic E-state index is -4.64. The summed E-state index contributed by atoms with van der Waals surface area (Å²) in [5.74, 6) is 0.647. The second-order valence-electron chi connectivity index (χ2n) is 5.59. The van der Waals surface area contributed by atoms with Crippen LogP contribution in [0.3, 0.4) is 0 Å². The number of benzene rings is 1. The van der Waals surface area contributed by atoms with Crippen LogP contribution in [0.2, 0.25) is 0 Å². The molecule has 0 fully saturated rings. The van der Waals surface area contributed by atoms with E-state index in [1.807, 2.05) is 0 Å². The Labute approximate surface area is 123 Å². The van der Waals surface area contributed by atoms with Crippen molar-refractivity contribution in [3.8, 4) is 5.75 Å². The van der Waals surface area contributed by atoms with Gasteiger partial charge in [-0.15, -0.1) is 13.2 Å². The van der Waals surface area contributed by atoms with Crippen molar-refractivity contribution in [3.63, 3.8) is 0 Å². The Bertz CT molecular complexity index is 473. The highest BCUT2D eigenvalue weighted by Crippen LogP contribution is 2.41. The topological polar surface area (TPSA) is 21.3 Å². The normalized spacial score (nSPS) is 19.0. The van der Waals surface area contributed by atoms with Crippen LogP contribution >= 0.6 is 0 Å². The lowest BCUT2D eigenvalue weighted by atomic mass is 9.82. The van der Waals surface area contributed by atoms with Crippen LogP contribution in [0.4, 0.5) is 18.9 Å². The molecular weight excluding hydrogens is 279 g/mol. The molecule has 1 heterocycles. The Balaban J connectivity index is 2.18. The summed E-state index contributed by atoms with van der Waals surface area (Å²) in [5, 5.41) is 3.29. The molecule has 0 amide bonds. The van der Waals surface area contributed by atoms with Gasteiger partial charge >= 0.3 is 6.36 Å². The van der Waals surface area contributed by atoms with Gasteiger partial charge in [-0.2, -0.15) is 0 Å². The Morgan fingerprint density at radius 1 is 1.33 bits per heavy atom. The predicted octanol–water partition coefficient (Wildman–Crippen LogP) is 5.31. The number of alkyl halides is 3. The number of anilines is 1. The van der Waals surface area contributed by atoms with Crippen molar-refractivity contribution in [2.45, 2.75) is 51.8 Å². The van der Waals surface area contributed by atoms with Gasteiger partial charge in [-0.3, -0.25) is 0 Å². The fourth-order valence-electron chi connectivity index (χ4n) is 3.11. The van der Waals surface area contributed by atoms with Crippen molar-refractivity contribution >= 4 is 5.69 Å². The molecule has 118 valence electrons. The number of fused-ring (bicyclic) bond motifs is 1. The zero-order valence-corrected chi connectivity index (χ0v) is 12.5. The van der Waals surface area contributed by atoms with Crippen molar-refractivity contribution in [1.82, 2.24) is 0 Å². The molecule has 1 aliphatic rings. The molecular formula is C16H22F3NO. The molecule has 0 radical (unpaired) electrons. The van der Waals surface area contributed by atoms with Crippen LogP contribution in [-0.2, 0) is 0 Å². The van der Waals surface area contributed by atoms with Gasteiger partial charge in [0.05, 0.1) is 0 Å². The van der Waals surface area contributed by atoms with Crippen molar-refractivity contribution in [1.29, 1.82) is 0 Å². The molecule has 1 N–H and O–H groups in total. The van der Waals surface area contributed by atoms with Crippen LogP contribution < -0.4 is 10.1 Å². The predicted molar refractivity (Wildman–Crippen MR) is 77.7 cm³/mol. The standard InChI is InChI=1S/C16H22F3NO/c1-3-5-6-11(4-2)14-10-20-15-8-7-12(9-13(14)15)21-16(17,18)19/h7-9,11,14,20H,3-6,10H2,1-2H3. The van der Waals surface area contributed by atoms with Crippen LogP contribution in [0.25, 0.3) is 0 Å². The zero-order valence-electron chi connectivity index (χ0n) is 12.5. The lowest BCUT2D eigenvalue weighted by Gasteiger charge is -2.22. The quantitative estimate of drug-likeness (QED) is 0.768. The second-order valence-corrected chi connectivity index (χ2v) is 5.59. The van der Waals surface area contributed by atoms with Gasteiger partial charge in [-0.25, -0.2) is 0 Å².